The van der Waals surface area contributed by atoms with Gasteiger partial charge in [0.15, 0.2) is 0 Å². The van der Waals surface area contributed by atoms with Gasteiger partial charge in [0.05, 0.1) is 12.5 Å². The minimum atomic E-state index is -0.178. The Bertz CT molecular complexity index is 303. The fourth-order valence-corrected chi connectivity index (χ4v) is 2.37. The van der Waals surface area contributed by atoms with Crippen molar-refractivity contribution in [2.45, 2.75) is 52.5 Å². The minimum Gasteiger partial charge on any atom is -0.466 e. The maximum atomic E-state index is 12.1. The molecule has 0 aromatic carbocycles. The number of nitrogens with one attached hydrogen (secondary N) is 1. The zero-order chi connectivity index (χ0) is 14.3. The molecule has 0 saturated carbocycles. The van der Waals surface area contributed by atoms with Crippen molar-refractivity contribution < 1.29 is 14.3 Å². The van der Waals surface area contributed by atoms with Crippen LogP contribution in [-0.4, -0.2) is 42.6 Å². The summed E-state index contributed by atoms with van der Waals surface area (Å²) in [4.78, 5) is 25.6. The Morgan fingerprint density at radius 1 is 1.32 bits per heavy atom. The number of carbonyl (C=O) groups is 2. The predicted molar refractivity (Wildman–Crippen MR) is 73.8 cm³/mol. The average Bonchev–Trinajstić information content (AvgIpc) is 2.44. The molecule has 1 rings (SSSR count). The molecule has 0 aromatic heterocycles. The van der Waals surface area contributed by atoms with Crippen molar-refractivity contribution in [2.75, 3.05) is 19.7 Å². The molecule has 0 aromatic rings. The molecule has 0 spiro atoms. The molecule has 1 saturated heterocycles. The van der Waals surface area contributed by atoms with Crippen LogP contribution >= 0.6 is 0 Å². The number of hydrogen-bond donors (Lipinski definition) is 1. The first-order chi connectivity index (χ1) is 9.12. The summed E-state index contributed by atoms with van der Waals surface area (Å²) < 4.78 is 5.04. The highest BCUT2D eigenvalue weighted by molar-refractivity contribution is 5.77. The van der Waals surface area contributed by atoms with Crippen LogP contribution in [0.1, 0.15) is 46.5 Å². The standard InChI is InChI=1S/C14H26N2O3/c1-4-12(5-2)15-14(18)16-9-7-8-11(10-16)13(17)19-6-3/h11-12H,4-10H2,1-3H3,(H,15,18). The van der Waals surface area contributed by atoms with Gasteiger partial charge in [0.25, 0.3) is 0 Å². The van der Waals surface area contributed by atoms with E-state index in [1.807, 2.05) is 0 Å². The molecule has 1 unspecified atom stereocenters. The molecule has 1 aliphatic rings. The third-order valence-electron chi connectivity index (χ3n) is 3.64. The number of likely N-dealkylation sites (tertiary alicyclic amines) is 1. The molecule has 1 fully saturated rings. The van der Waals surface area contributed by atoms with Crippen LogP contribution in [0.15, 0.2) is 0 Å². The normalized spacial score (nSPS) is 19.4. The largest absolute Gasteiger partial charge is 0.466 e. The highest BCUT2D eigenvalue weighted by atomic mass is 16.5. The van der Waals surface area contributed by atoms with Gasteiger partial charge in [-0.1, -0.05) is 13.8 Å². The summed E-state index contributed by atoms with van der Waals surface area (Å²) in [5.74, 6) is -0.344. The second-order valence-corrected chi connectivity index (χ2v) is 5.00. The van der Waals surface area contributed by atoms with Gasteiger partial charge in [-0.15, -0.1) is 0 Å². The van der Waals surface area contributed by atoms with Crippen molar-refractivity contribution in [3.05, 3.63) is 0 Å². The Morgan fingerprint density at radius 2 is 2.00 bits per heavy atom. The van der Waals surface area contributed by atoms with Gasteiger partial charge in [-0.2, -0.15) is 0 Å². The Labute approximate surface area is 115 Å². The molecule has 1 heterocycles. The average molecular weight is 270 g/mol. The lowest BCUT2D eigenvalue weighted by atomic mass is 9.98. The van der Waals surface area contributed by atoms with E-state index in [-0.39, 0.29) is 24.0 Å². The maximum Gasteiger partial charge on any atom is 0.317 e. The molecule has 1 atom stereocenters. The van der Waals surface area contributed by atoms with E-state index in [0.717, 1.165) is 32.2 Å². The first-order valence-electron chi connectivity index (χ1n) is 7.34. The lowest BCUT2D eigenvalue weighted by Crippen LogP contribution is -2.49. The van der Waals surface area contributed by atoms with Crippen LogP contribution in [0, 0.1) is 5.92 Å². The third-order valence-corrected chi connectivity index (χ3v) is 3.64. The van der Waals surface area contributed by atoms with E-state index in [1.165, 1.54) is 0 Å². The summed E-state index contributed by atoms with van der Waals surface area (Å²) >= 11 is 0. The molecule has 5 nitrogen and oxygen atoms in total. The molecule has 19 heavy (non-hydrogen) atoms. The molecule has 0 bridgehead atoms. The molecule has 2 amide bonds. The number of urea groups is 1. The van der Waals surface area contributed by atoms with E-state index in [0.29, 0.717) is 13.2 Å². The fourth-order valence-electron chi connectivity index (χ4n) is 2.37. The van der Waals surface area contributed by atoms with Crippen LogP contribution in [-0.2, 0) is 9.53 Å². The van der Waals surface area contributed by atoms with Crippen molar-refractivity contribution >= 4 is 12.0 Å². The second kappa shape index (κ2) is 8.02. The number of esters is 1. The maximum absolute atomic E-state index is 12.1. The monoisotopic (exact) mass is 270 g/mol. The molecule has 5 heteroatoms. The summed E-state index contributed by atoms with van der Waals surface area (Å²) in [6.07, 6.45) is 3.53. The first kappa shape index (κ1) is 15.8. The number of hydrogen-bond acceptors (Lipinski definition) is 3. The van der Waals surface area contributed by atoms with Gasteiger partial charge in [-0.3, -0.25) is 4.79 Å². The van der Waals surface area contributed by atoms with Gasteiger partial charge in [-0.05, 0) is 32.6 Å². The zero-order valence-corrected chi connectivity index (χ0v) is 12.3. The van der Waals surface area contributed by atoms with Crippen molar-refractivity contribution in [1.82, 2.24) is 10.2 Å². The first-order valence-corrected chi connectivity index (χ1v) is 7.34. The van der Waals surface area contributed by atoms with Crippen LogP contribution in [0.3, 0.4) is 0 Å². The molecule has 0 radical (unpaired) electrons. The number of rotatable bonds is 5. The van der Waals surface area contributed by atoms with Gasteiger partial charge in [0.1, 0.15) is 0 Å². The Balaban J connectivity index is 2.49. The van der Waals surface area contributed by atoms with Crippen molar-refractivity contribution in [3.8, 4) is 0 Å². The summed E-state index contributed by atoms with van der Waals surface area (Å²) in [5.41, 5.74) is 0. The van der Waals surface area contributed by atoms with E-state index in [2.05, 4.69) is 19.2 Å². The Hall–Kier alpha value is -1.26. The van der Waals surface area contributed by atoms with E-state index in [4.69, 9.17) is 4.74 Å². The Morgan fingerprint density at radius 3 is 2.58 bits per heavy atom. The van der Waals surface area contributed by atoms with Crippen LogP contribution in [0.5, 0.6) is 0 Å². The second-order valence-electron chi connectivity index (χ2n) is 5.00. The van der Waals surface area contributed by atoms with Gasteiger partial charge in [-0.25, -0.2) is 4.79 Å². The molecule has 1 N–H and O–H groups in total. The Kier molecular flexibility index (Phi) is 6.67. The molecular formula is C14H26N2O3. The molecule has 110 valence electrons. The predicted octanol–water partition coefficient (Wildman–Crippen LogP) is 2.16. The summed E-state index contributed by atoms with van der Waals surface area (Å²) in [6.45, 7) is 7.53. The highest BCUT2D eigenvalue weighted by Crippen LogP contribution is 2.18. The van der Waals surface area contributed by atoms with Crippen LogP contribution in [0.25, 0.3) is 0 Å². The molecule has 0 aliphatic carbocycles. The van der Waals surface area contributed by atoms with Crippen molar-refractivity contribution in [3.63, 3.8) is 0 Å². The van der Waals surface area contributed by atoms with E-state index >= 15 is 0 Å². The molecule has 1 aliphatic heterocycles. The summed E-state index contributed by atoms with van der Waals surface area (Å²) in [7, 11) is 0. The van der Waals surface area contributed by atoms with Crippen LogP contribution in [0.4, 0.5) is 4.79 Å². The lowest BCUT2D eigenvalue weighted by molar-refractivity contribution is -0.149. The number of carbonyl (C=O) groups excluding carboxylic acids is 2. The van der Waals surface area contributed by atoms with E-state index in [9.17, 15) is 9.59 Å². The van der Waals surface area contributed by atoms with E-state index < -0.39 is 0 Å². The van der Waals surface area contributed by atoms with Gasteiger partial charge in [0, 0.05) is 19.1 Å². The highest BCUT2D eigenvalue weighted by Gasteiger charge is 2.29. The third kappa shape index (κ3) is 4.73. The number of piperidine rings is 1. The SMILES string of the molecule is CCOC(=O)C1CCCN(C(=O)NC(CC)CC)C1. The quantitative estimate of drug-likeness (QED) is 0.779. The van der Waals surface area contributed by atoms with Crippen molar-refractivity contribution in [1.29, 1.82) is 0 Å². The topological polar surface area (TPSA) is 58.6 Å². The number of ether oxygens (including phenoxy) is 1. The van der Waals surface area contributed by atoms with Gasteiger partial charge in [0.2, 0.25) is 0 Å². The van der Waals surface area contributed by atoms with Gasteiger partial charge >= 0.3 is 12.0 Å². The molecular weight excluding hydrogens is 244 g/mol. The lowest BCUT2D eigenvalue weighted by Gasteiger charge is -2.32. The van der Waals surface area contributed by atoms with E-state index in [1.54, 1.807) is 11.8 Å². The smallest absolute Gasteiger partial charge is 0.317 e. The van der Waals surface area contributed by atoms with Gasteiger partial charge < -0.3 is 15.0 Å². The minimum absolute atomic E-state index is 0.0531. The number of amides is 2. The number of nitrogens with zero attached hydrogens (tertiary/aromatic N) is 1. The van der Waals surface area contributed by atoms with Crippen LogP contribution in [0.2, 0.25) is 0 Å². The van der Waals surface area contributed by atoms with Crippen LogP contribution < -0.4 is 5.32 Å². The zero-order valence-electron chi connectivity index (χ0n) is 12.3. The summed E-state index contributed by atoms with van der Waals surface area (Å²) in [5, 5.41) is 3.01. The summed E-state index contributed by atoms with van der Waals surface area (Å²) in [6, 6.07) is 0.165. The fraction of sp³-hybridized carbons (Fsp3) is 0.857. The van der Waals surface area contributed by atoms with Crippen molar-refractivity contribution in [2.24, 2.45) is 5.92 Å².